The third-order valence-electron chi connectivity index (χ3n) is 3.15. The van der Waals surface area contributed by atoms with Crippen molar-refractivity contribution in [2.45, 2.75) is 38.4 Å². The standard InChI is InChI=1S/C14H14ClNO2/c15-14-7-10(8-16)1-2-11(14)9-18-13-5-3-12(17)4-6-13/h1-2,7,13H,3-6,9H2. The smallest absolute Gasteiger partial charge is 0.133 e. The van der Waals surface area contributed by atoms with Crippen LogP contribution in [0.5, 0.6) is 0 Å². The van der Waals surface area contributed by atoms with Gasteiger partial charge in [-0.3, -0.25) is 4.79 Å². The maximum atomic E-state index is 11.1. The Morgan fingerprint density at radius 3 is 2.72 bits per heavy atom. The monoisotopic (exact) mass is 263 g/mol. The maximum absolute atomic E-state index is 11.1. The molecule has 0 saturated heterocycles. The predicted octanol–water partition coefficient (Wildman–Crippen LogP) is 3.24. The fraction of sp³-hybridized carbons (Fsp3) is 0.429. The van der Waals surface area contributed by atoms with Crippen LogP contribution in [0.25, 0.3) is 0 Å². The lowest BCUT2D eigenvalue weighted by atomic mass is 9.96. The average molecular weight is 264 g/mol. The number of rotatable bonds is 3. The molecule has 1 aliphatic carbocycles. The van der Waals surface area contributed by atoms with Gasteiger partial charge in [-0.2, -0.15) is 5.26 Å². The van der Waals surface area contributed by atoms with Crippen LogP contribution in [0.1, 0.15) is 36.8 Å². The fourth-order valence-corrected chi connectivity index (χ4v) is 2.26. The molecule has 0 N–H and O–H groups in total. The third kappa shape index (κ3) is 3.32. The average Bonchev–Trinajstić information content (AvgIpc) is 2.39. The molecule has 1 aromatic rings. The van der Waals surface area contributed by atoms with Crippen LogP contribution in [0.3, 0.4) is 0 Å². The van der Waals surface area contributed by atoms with Crippen molar-refractivity contribution in [3.05, 3.63) is 34.3 Å². The Labute approximate surface area is 111 Å². The summed E-state index contributed by atoms with van der Waals surface area (Å²) in [5.74, 6) is 0.325. The molecule has 1 fully saturated rings. The molecular weight excluding hydrogens is 250 g/mol. The Hall–Kier alpha value is -1.37. The minimum absolute atomic E-state index is 0.148. The van der Waals surface area contributed by atoms with Crippen LogP contribution >= 0.6 is 11.6 Å². The van der Waals surface area contributed by atoms with Crippen molar-refractivity contribution < 1.29 is 9.53 Å². The maximum Gasteiger partial charge on any atom is 0.133 e. The number of hydrogen-bond acceptors (Lipinski definition) is 3. The lowest BCUT2D eigenvalue weighted by molar-refractivity contribution is -0.123. The Morgan fingerprint density at radius 1 is 1.39 bits per heavy atom. The first kappa shape index (κ1) is 13.1. The van der Waals surface area contributed by atoms with Gasteiger partial charge in [-0.15, -0.1) is 0 Å². The summed E-state index contributed by atoms with van der Waals surface area (Å²) in [4.78, 5) is 11.1. The van der Waals surface area contributed by atoms with Crippen LogP contribution in [0, 0.1) is 11.3 Å². The molecule has 0 radical (unpaired) electrons. The van der Waals surface area contributed by atoms with Gasteiger partial charge < -0.3 is 4.74 Å². The summed E-state index contributed by atoms with van der Waals surface area (Å²) in [5.41, 5.74) is 1.43. The first-order chi connectivity index (χ1) is 8.69. The van der Waals surface area contributed by atoms with Gasteiger partial charge in [-0.1, -0.05) is 17.7 Å². The largest absolute Gasteiger partial charge is 0.373 e. The number of ketones is 1. The lowest BCUT2D eigenvalue weighted by Gasteiger charge is -2.21. The molecule has 0 atom stereocenters. The molecule has 0 spiro atoms. The van der Waals surface area contributed by atoms with Crippen LogP contribution in [-0.2, 0) is 16.1 Å². The van der Waals surface area contributed by atoms with Gasteiger partial charge in [0.2, 0.25) is 0 Å². The molecule has 0 aliphatic heterocycles. The number of ether oxygens (including phenoxy) is 1. The highest BCUT2D eigenvalue weighted by Crippen LogP contribution is 2.22. The van der Waals surface area contributed by atoms with E-state index in [4.69, 9.17) is 21.6 Å². The highest BCUT2D eigenvalue weighted by Gasteiger charge is 2.19. The molecule has 0 aromatic heterocycles. The molecule has 1 saturated carbocycles. The third-order valence-corrected chi connectivity index (χ3v) is 3.50. The van der Waals surface area contributed by atoms with E-state index in [9.17, 15) is 4.79 Å². The van der Waals surface area contributed by atoms with E-state index in [0.29, 0.717) is 35.8 Å². The van der Waals surface area contributed by atoms with Crippen molar-refractivity contribution in [1.29, 1.82) is 5.26 Å². The van der Waals surface area contributed by atoms with Crippen molar-refractivity contribution >= 4 is 17.4 Å². The number of halogens is 1. The molecular formula is C14H14ClNO2. The fourth-order valence-electron chi connectivity index (χ4n) is 2.02. The van der Waals surface area contributed by atoms with Gasteiger partial charge in [0.15, 0.2) is 0 Å². The normalized spacial score (nSPS) is 16.6. The van der Waals surface area contributed by atoms with E-state index >= 15 is 0 Å². The zero-order valence-corrected chi connectivity index (χ0v) is 10.7. The van der Waals surface area contributed by atoms with Gasteiger partial charge in [0, 0.05) is 17.9 Å². The van der Waals surface area contributed by atoms with E-state index in [-0.39, 0.29) is 6.10 Å². The second kappa shape index (κ2) is 5.99. The summed E-state index contributed by atoms with van der Waals surface area (Å²) < 4.78 is 5.75. The number of nitriles is 1. The molecule has 0 heterocycles. The molecule has 1 aliphatic rings. The Bertz CT molecular complexity index is 483. The van der Waals surface area contributed by atoms with Crippen molar-refractivity contribution in [2.24, 2.45) is 0 Å². The highest BCUT2D eigenvalue weighted by molar-refractivity contribution is 6.31. The van der Waals surface area contributed by atoms with Gasteiger partial charge in [0.25, 0.3) is 0 Å². The molecule has 0 bridgehead atoms. The van der Waals surface area contributed by atoms with E-state index in [2.05, 4.69) is 0 Å². The quantitative estimate of drug-likeness (QED) is 0.841. The molecule has 4 heteroatoms. The number of carbonyl (C=O) groups excluding carboxylic acids is 1. The molecule has 3 nitrogen and oxygen atoms in total. The topological polar surface area (TPSA) is 50.1 Å². The number of nitrogens with zero attached hydrogens (tertiary/aromatic N) is 1. The lowest BCUT2D eigenvalue weighted by Crippen LogP contribution is -2.21. The minimum Gasteiger partial charge on any atom is -0.373 e. The second-order valence-corrected chi connectivity index (χ2v) is 4.87. The number of carbonyl (C=O) groups is 1. The Kier molecular flexibility index (Phi) is 4.35. The first-order valence-electron chi connectivity index (χ1n) is 6.01. The number of Topliss-reactive ketones (excluding diaryl/α,β-unsaturated/α-hetero) is 1. The predicted molar refractivity (Wildman–Crippen MR) is 68.2 cm³/mol. The molecule has 1 aromatic carbocycles. The zero-order chi connectivity index (χ0) is 13.0. The summed E-state index contributed by atoms with van der Waals surface area (Å²) in [5, 5.41) is 9.30. The van der Waals surface area contributed by atoms with Crippen molar-refractivity contribution in [1.82, 2.24) is 0 Å². The van der Waals surface area contributed by atoms with Crippen LogP contribution in [0.15, 0.2) is 18.2 Å². The summed E-state index contributed by atoms with van der Waals surface area (Å²) in [6.07, 6.45) is 2.98. The molecule has 2 rings (SSSR count). The van der Waals surface area contributed by atoms with Gasteiger partial charge >= 0.3 is 0 Å². The highest BCUT2D eigenvalue weighted by atomic mass is 35.5. The SMILES string of the molecule is N#Cc1ccc(COC2CCC(=O)CC2)c(Cl)c1. The number of hydrogen-bond donors (Lipinski definition) is 0. The van der Waals surface area contributed by atoms with Gasteiger partial charge in [-0.25, -0.2) is 0 Å². The Morgan fingerprint density at radius 2 is 2.11 bits per heavy atom. The van der Waals surface area contributed by atoms with Gasteiger partial charge in [0.1, 0.15) is 5.78 Å². The molecule has 94 valence electrons. The first-order valence-corrected chi connectivity index (χ1v) is 6.38. The van der Waals surface area contributed by atoms with Crippen LogP contribution in [-0.4, -0.2) is 11.9 Å². The summed E-state index contributed by atoms with van der Waals surface area (Å²) in [6.45, 7) is 0.434. The van der Waals surface area contributed by atoms with Crippen LogP contribution < -0.4 is 0 Å². The van der Waals surface area contributed by atoms with Gasteiger partial charge in [-0.05, 0) is 30.5 Å². The van der Waals surface area contributed by atoms with E-state index in [1.807, 2.05) is 12.1 Å². The second-order valence-electron chi connectivity index (χ2n) is 4.47. The zero-order valence-electron chi connectivity index (χ0n) is 9.99. The van der Waals surface area contributed by atoms with E-state index in [0.717, 1.165) is 18.4 Å². The number of benzene rings is 1. The van der Waals surface area contributed by atoms with E-state index in [1.54, 1.807) is 12.1 Å². The van der Waals surface area contributed by atoms with Crippen LogP contribution in [0.2, 0.25) is 5.02 Å². The van der Waals surface area contributed by atoms with Crippen molar-refractivity contribution in [3.8, 4) is 6.07 Å². The summed E-state index contributed by atoms with van der Waals surface area (Å²) in [7, 11) is 0. The van der Waals surface area contributed by atoms with Gasteiger partial charge in [0.05, 0.1) is 24.3 Å². The van der Waals surface area contributed by atoms with Crippen molar-refractivity contribution in [2.75, 3.05) is 0 Å². The van der Waals surface area contributed by atoms with Crippen LogP contribution in [0.4, 0.5) is 0 Å². The summed E-state index contributed by atoms with van der Waals surface area (Å²) in [6, 6.07) is 7.23. The molecule has 0 amide bonds. The van der Waals surface area contributed by atoms with E-state index < -0.39 is 0 Å². The van der Waals surface area contributed by atoms with E-state index in [1.165, 1.54) is 0 Å². The molecule has 18 heavy (non-hydrogen) atoms. The minimum atomic E-state index is 0.148. The molecule has 0 unspecified atom stereocenters. The summed E-state index contributed by atoms with van der Waals surface area (Å²) >= 11 is 6.06. The Balaban J connectivity index is 1.90. The van der Waals surface area contributed by atoms with Crippen molar-refractivity contribution in [3.63, 3.8) is 0 Å².